The summed E-state index contributed by atoms with van der Waals surface area (Å²) in [7, 11) is -4.02. The van der Waals surface area contributed by atoms with Crippen LogP contribution in [0.2, 0.25) is 10.0 Å². The summed E-state index contributed by atoms with van der Waals surface area (Å²) in [5.74, 6) is 0.112. The van der Waals surface area contributed by atoms with E-state index in [1.54, 1.807) is 12.1 Å². The predicted molar refractivity (Wildman–Crippen MR) is 87.7 cm³/mol. The molecule has 2 aromatic rings. The minimum absolute atomic E-state index is 0.0606. The van der Waals surface area contributed by atoms with Crippen molar-refractivity contribution in [3.8, 4) is 5.75 Å². The van der Waals surface area contributed by atoms with Crippen LogP contribution in [0.3, 0.4) is 0 Å². The Morgan fingerprint density at radius 2 is 1.78 bits per heavy atom. The van der Waals surface area contributed by atoms with Crippen LogP contribution in [0.5, 0.6) is 5.75 Å². The highest BCUT2D eigenvalue weighted by Gasteiger charge is 2.20. The van der Waals surface area contributed by atoms with Crippen LogP contribution in [0.1, 0.15) is 12.0 Å². The Bertz CT molecular complexity index is 896. The first-order valence-corrected chi connectivity index (χ1v) is 8.84. The molecule has 1 aliphatic rings. The first-order valence-electron chi connectivity index (χ1n) is 6.67. The molecule has 1 aliphatic heterocycles. The number of anilines is 1. The van der Waals surface area contributed by atoms with Gasteiger partial charge in [-0.05, 0) is 48.4 Å². The Balaban J connectivity index is 1.88. The normalized spacial score (nSPS) is 14.1. The Morgan fingerprint density at radius 1 is 1.00 bits per heavy atom. The number of benzene rings is 2. The van der Waals surface area contributed by atoms with Gasteiger partial charge < -0.3 is 9.50 Å². The number of hydrogen-bond acceptors (Lipinski definition) is 4. The predicted octanol–water partition coefficient (Wildman–Crippen LogP) is 3.65. The molecule has 1 heterocycles. The molecule has 0 saturated heterocycles. The zero-order valence-corrected chi connectivity index (χ0v) is 14.0. The van der Waals surface area contributed by atoms with E-state index < -0.39 is 10.1 Å². The van der Waals surface area contributed by atoms with Gasteiger partial charge >= 0.3 is 10.1 Å². The summed E-state index contributed by atoms with van der Waals surface area (Å²) in [6, 6.07) is 8.65. The smallest absolute Gasteiger partial charge is 0.339 e. The average Bonchev–Trinajstić information content (AvgIpc) is 2.49. The molecule has 0 bridgehead atoms. The van der Waals surface area contributed by atoms with Crippen LogP contribution in [0.25, 0.3) is 0 Å². The van der Waals surface area contributed by atoms with E-state index in [0.717, 1.165) is 5.56 Å². The Labute approximate surface area is 143 Å². The van der Waals surface area contributed by atoms with Crippen molar-refractivity contribution < 1.29 is 17.4 Å². The zero-order chi connectivity index (χ0) is 16.6. The van der Waals surface area contributed by atoms with Crippen LogP contribution in [0.4, 0.5) is 5.69 Å². The fourth-order valence-electron chi connectivity index (χ4n) is 2.22. The summed E-state index contributed by atoms with van der Waals surface area (Å²) in [5, 5.41) is 3.11. The molecule has 0 radical (unpaired) electrons. The van der Waals surface area contributed by atoms with E-state index in [2.05, 4.69) is 5.32 Å². The van der Waals surface area contributed by atoms with Gasteiger partial charge in [-0.2, -0.15) is 8.42 Å². The number of hydrogen-bond donors (Lipinski definition) is 1. The van der Waals surface area contributed by atoms with E-state index in [0.29, 0.717) is 18.5 Å². The molecule has 1 amide bonds. The quantitative estimate of drug-likeness (QED) is 0.835. The second-order valence-corrected chi connectivity index (χ2v) is 7.34. The largest absolute Gasteiger partial charge is 0.379 e. The van der Waals surface area contributed by atoms with Crippen LogP contribution in [0.15, 0.2) is 41.3 Å². The number of fused-ring (bicyclic) bond motifs is 1. The molecule has 5 nitrogen and oxygen atoms in total. The number of aryl methyl sites for hydroxylation is 1. The standard InChI is InChI=1S/C15H11Cl2NO4S/c16-12-4-3-11(8-13(12)17)23(20,21)22-10-2-5-14-9(7-10)1-6-15(19)18-14/h2-5,7-8H,1,6H2,(H,18,19). The van der Waals surface area contributed by atoms with Crippen LogP contribution in [0, 0.1) is 0 Å². The number of carbonyl (C=O) groups excluding carboxylic acids is 1. The van der Waals surface area contributed by atoms with Gasteiger partial charge in [-0.25, -0.2) is 0 Å². The highest BCUT2D eigenvalue weighted by molar-refractivity contribution is 7.87. The fraction of sp³-hybridized carbons (Fsp3) is 0.133. The third-order valence-electron chi connectivity index (χ3n) is 3.36. The van der Waals surface area contributed by atoms with Crippen molar-refractivity contribution in [1.82, 2.24) is 0 Å². The topological polar surface area (TPSA) is 72.5 Å². The molecule has 0 unspecified atom stereocenters. The monoisotopic (exact) mass is 371 g/mol. The molecule has 120 valence electrons. The van der Waals surface area contributed by atoms with Gasteiger partial charge in [-0.1, -0.05) is 23.2 Å². The second kappa shape index (κ2) is 6.03. The lowest BCUT2D eigenvalue weighted by atomic mass is 10.0. The van der Waals surface area contributed by atoms with E-state index in [4.69, 9.17) is 27.4 Å². The summed E-state index contributed by atoms with van der Waals surface area (Å²) in [4.78, 5) is 11.2. The van der Waals surface area contributed by atoms with E-state index in [9.17, 15) is 13.2 Å². The second-order valence-electron chi connectivity index (χ2n) is 4.98. The van der Waals surface area contributed by atoms with Crippen molar-refractivity contribution in [2.24, 2.45) is 0 Å². The number of amides is 1. The molecule has 1 N–H and O–H groups in total. The molecule has 2 aromatic carbocycles. The van der Waals surface area contributed by atoms with Crippen LogP contribution in [-0.4, -0.2) is 14.3 Å². The van der Waals surface area contributed by atoms with E-state index in [1.807, 2.05) is 0 Å². The van der Waals surface area contributed by atoms with Crippen LogP contribution < -0.4 is 9.50 Å². The van der Waals surface area contributed by atoms with Gasteiger partial charge in [0.1, 0.15) is 10.6 Å². The third-order valence-corrected chi connectivity index (χ3v) is 5.34. The zero-order valence-electron chi connectivity index (χ0n) is 11.7. The molecule has 23 heavy (non-hydrogen) atoms. The number of carbonyl (C=O) groups is 1. The summed E-state index contributed by atoms with van der Waals surface area (Å²) in [6.07, 6.45) is 0.890. The maximum absolute atomic E-state index is 12.3. The Morgan fingerprint density at radius 3 is 2.52 bits per heavy atom. The summed E-state index contributed by atoms with van der Waals surface area (Å²) in [5.41, 5.74) is 1.49. The van der Waals surface area contributed by atoms with Crippen LogP contribution >= 0.6 is 23.2 Å². The van der Waals surface area contributed by atoms with Gasteiger partial charge in [0.25, 0.3) is 0 Å². The lowest BCUT2D eigenvalue weighted by Crippen LogP contribution is -2.19. The molecule has 3 rings (SSSR count). The van der Waals surface area contributed by atoms with Crippen molar-refractivity contribution in [2.45, 2.75) is 17.7 Å². The van der Waals surface area contributed by atoms with Gasteiger partial charge in [0, 0.05) is 12.1 Å². The maximum atomic E-state index is 12.3. The lowest BCUT2D eigenvalue weighted by Gasteiger charge is -2.17. The van der Waals surface area contributed by atoms with Crippen molar-refractivity contribution in [3.05, 3.63) is 52.0 Å². The number of rotatable bonds is 3. The number of nitrogens with one attached hydrogen (secondary N) is 1. The van der Waals surface area contributed by atoms with E-state index in [1.165, 1.54) is 24.3 Å². The Kier molecular flexibility index (Phi) is 4.23. The third kappa shape index (κ3) is 3.44. The SMILES string of the molecule is O=C1CCc2cc(OS(=O)(=O)c3ccc(Cl)c(Cl)c3)ccc2N1. The molecule has 0 fully saturated rings. The number of halogens is 2. The van der Waals surface area contributed by atoms with Crippen molar-refractivity contribution in [1.29, 1.82) is 0 Å². The molecular formula is C15H11Cl2NO4S. The first-order chi connectivity index (χ1) is 10.8. The highest BCUT2D eigenvalue weighted by atomic mass is 35.5. The molecule has 0 aliphatic carbocycles. The maximum Gasteiger partial charge on any atom is 0.339 e. The first kappa shape index (κ1) is 16.1. The average molecular weight is 372 g/mol. The van der Waals surface area contributed by atoms with Crippen LogP contribution in [-0.2, 0) is 21.3 Å². The molecule has 0 saturated carbocycles. The van der Waals surface area contributed by atoms with Crippen molar-refractivity contribution >= 4 is 44.9 Å². The highest BCUT2D eigenvalue weighted by Crippen LogP contribution is 2.30. The summed E-state index contributed by atoms with van der Waals surface area (Å²) >= 11 is 11.6. The van der Waals surface area contributed by atoms with Gasteiger partial charge in [0.05, 0.1) is 10.0 Å². The van der Waals surface area contributed by atoms with Gasteiger partial charge in [-0.3, -0.25) is 4.79 Å². The van der Waals surface area contributed by atoms with Crippen molar-refractivity contribution in [3.63, 3.8) is 0 Å². The minimum atomic E-state index is -4.02. The summed E-state index contributed by atoms with van der Waals surface area (Å²) in [6.45, 7) is 0. The molecule has 0 spiro atoms. The van der Waals surface area contributed by atoms with Gasteiger partial charge in [-0.15, -0.1) is 0 Å². The Hall–Kier alpha value is -1.76. The molecule has 0 aromatic heterocycles. The minimum Gasteiger partial charge on any atom is -0.379 e. The van der Waals surface area contributed by atoms with Crippen molar-refractivity contribution in [2.75, 3.05) is 5.32 Å². The summed E-state index contributed by atoms with van der Waals surface area (Å²) < 4.78 is 29.7. The fourth-order valence-corrected chi connectivity index (χ4v) is 3.53. The molecular weight excluding hydrogens is 361 g/mol. The van der Waals surface area contributed by atoms with Gasteiger partial charge in [0.2, 0.25) is 5.91 Å². The molecule has 0 atom stereocenters. The van der Waals surface area contributed by atoms with E-state index in [-0.39, 0.29) is 26.6 Å². The van der Waals surface area contributed by atoms with E-state index >= 15 is 0 Å². The lowest BCUT2D eigenvalue weighted by molar-refractivity contribution is -0.116. The van der Waals surface area contributed by atoms with Gasteiger partial charge in [0.15, 0.2) is 0 Å². The molecule has 8 heteroatoms.